The first-order chi connectivity index (χ1) is 10.6. The van der Waals surface area contributed by atoms with E-state index in [0.29, 0.717) is 16.4 Å². The highest BCUT2D eigenvalue weighted by atomic mass is 35.5. The normalized spacial score (nSPS) is 11.2. The molecule has 0 fully saturated rings. The van der Waals surface area contributed by atoms with Crippen molar-refractivity contribution in [3.63, 3.8) is 0 Å². The highest BCUT2D eigenvalue weighted by molar-refractivity contribution is 6.30. The summed E-state index contributed by atoms with van der Waals surface area (Å²) in [5.41, 5.74) is 5.23. The first-order valence-corrected chi connectivity index (χ1v) is 7.05. The van der Waals surface area contributed by atoms with E-state index in [-0.39, 0.29) is 5.91 Å². The van der Waals surface area contributed by atoms with Crippen molar-refractivity contribution in [3.05, 3.63) is 70.6 Å². The lowest BCUT2D eigenvalue weighted by atomic mass is 10.2. The Morgan fingerprint density at radius 3 is 2.82 bits per heavy atom. The summed E-state index contributed by atoms with van der Waals surface area (Å²) in [4.78, 5) is 16.6. The maximum atomic E-state index is 12.3. The Hall–Kier alpha value is -2.66. The molecule has 0 aliphatic heterocycles. The topological polar surface area (TPSA) is 58.8 Å². The van der Waals surface area contributed by atoms with Crippen molar-refractivity contribution in [1.82, 2.24) is 14.8 Å². The van der Waals surface area contributed by atoms with Crippen molar-refractivity contribution in [2.75, 3.05) is 0 Å². The van der Waals surface area contributed by atoms with E-state index < -0.39 is 0 Å². The lowest BCUT2D eigenvalue weighted by molar-refractivity contribution is 0.0948. The summed E-state index contributed by atoms with van der Waals surface area (Å²) in [5, 5.41) is 4.62. The number of fused-ring (bicyclic) bond motifs is 1. The van der Waals surface area contributed by atoms with Crippen molar-refractivity contribution in [2.24, 2.45) is 5.10 Å². The molecule has 0 saturated heterocycles. The van der Waals surface area contributed by atoms with Gasteiger partial charge in [-0.05, 0) is 36.8 Å². The average molecular weight is 313 g/mol. The molecule has 2 aromatic heterocycles. The Kier molecular flexibility index (Phi) is 3.89. The van der Waals surface area contributed by atoms with Gasteiger partial charge in [0.25, 0.3) is 5.91 Å². The number of pyridine rings is 1. The molecule has 0 radical (unpaired) electrons. The second-order valence-electron chi connectivity index (χ2n) is 4.73. The number of rotatable bonds is 3. The van der Waals surface area contributed by atoms with Gasteiger partial charge in [0.1, 0.15) is 11.3 Å². The Balaban J connectivity index is 1.79. The van der Waals surface area contributed by atoms with Crippen LogP contribution in [-0.4, -0.2) is 21.5 Å². The van der Waals surface area contributed by atoms with Crippen LogP contribution in [0.3, 0.4) is 0 Å². The van der Waals surface area contributed by atoms with Crippen molar-refractivity contribution >= 4 is 29.4 Å². The zero-order valence-electron chi connectivity index (χ0n) is 11.8. The maximum absolute atomic E-state index is 12.3. The number of aromatic nitrogens is 2. The quantitative estimate of drug-likeness (QED) is 0.597. The van der Waals surface area contributed by atoms with Gasteiger partial charge < -0.3 is 0 Å². The second-order valence-corrected chi connectivity index (χ2v) is 5.16. The zero-order valence-corrected chi connectivity index (χ0v) is 12.6. The molecular formula is C16H13ClN4O. The van der Waals surface area contributed by atoms with Gasteiger partial charge in [-0.1, -0.05) is 29.8 Å². The predicted molar refractivity (Wildman–Crippen MR) is 86.4 cm³/mol. The fraction of sp³-hybridized carbons (Fsp3) is 0.0625. The van der Waals surface area contributed by atoms with E-state index in [1.165, 1.54) is 0 Å². The van der Waals surface area contributed by atoms with Crippen LogP contribution < -0.4 is 5.43 Å². The number of imidazole rings is 1. The van der Waals surface area contributed by atoms with Crippen LogP contribution in [0.4, 0.5) is 0 Å². The third-order valence-electron chi connectivity index (χ3n) is 3.17. The number of carbonyl (C=O) groups is 1. The highest BCUT2D eigenvalue weighted by Gasteiger charge is 2.15. The molecule has 5 nitrogen and oxygen atoms in total. The van der Waals surface area contributed by atoms with Gasteiger partial charge in [-0.3, -0.25) is 9.20 Å². The number of amides is 1. The van der Waals surface area contributed by atoms with Gasteiger partial charge in [-0.25, -0.2) is 10.4 Å². The minimum absolute atomic E-state index is 0.304. The summed E-state index contributed by atoms with van der Waals surface area (Å²) >= 11 is 5.81. The maximum Gasteiger partial charge on any atom is 0.290 e. The average Bonchev–Trinajstić information content (AvgIpc) is 2.85. The number of hydrazone groups is 1. The number of hydrogen-bond acceptors (Lipinski definition) is 3. The molecule has 22 heavy (non-hydrogen) atoms. The molecule has 3 rings (SSSR count). The van der Waals surface area contributed by atoms with Crippen LogP contribution in [0.1, 0.15) is 21.7 Å². The summed E-state index contributed by atoms with van der Waals surface area (Å²) in [6, 6.07) is 12.7. The fourth-order valence-electron chi connectivity index (χ4n) is 2.15. The van der Waals surface area contributed by atoms with E-state index in [2.05, 4.69) is 15.5 Å². The zero-order chi connectivity index (χ0) is 15.5. The Labute approximate surface area is 132 Å². The van der Waals surface area contributed by atoms with Gasteiger partial charge >= 0.3 is 0 Å². The number of nitrogens with zero attached hydrogens (tertiary/aromatic N) is 3. The molecule has 0 unspecified atom stereocenters. The fourth-order valence-corrected chi connectivity index (χ4v) is 2.28. The van der Waals surface area contributed by atoms with Crippen LogP contribution in [-0.2, 0) is 0 Å². The van der Waals surface area contributed by atoms with Gasteiger partial charge in [0, 0.05) is 11.2 Å². The van der Waals surface area contributed by atoms with Crippen molar-refractivity contribution in [2.45, 2.75) is 6.92 Å². The molecule has 1 aromatic carbocycles. The molecule has 0 bridgehead atoms. The molecule has 1 N–H and O–H groups in total. The summed E-state index contributed by atoms with van der Waals surface area (Å²) < 4.78 is 1.74. The van der Waals surface area contributed by atoms with Crippen LogP contribution in [0, 0.1) is 6.92 Å². The van der Waals surface area contributed by atoms with E-state index in [9.17, 15) is 4.79 Å². The minimum Gasteiger partial charge on any atom is -0.295 e. The molecule has 0 atom stereocenters. The molecule has 0 aliphatic carbocycles. The van der Waals surface area contributed by atoms with Gasteiger partial charge in [-0.15, -0.1) is 0 Å². The standard InChI is InChI=1S/C16H13ClN4O/c1-11-15(21-9-3-2-4-14(21)19-11)16(22)20-18-10-12-5-7-13(17)8-6-12/h2-10H,1H3,(H,20,22)/b18-10-. The minimum atomic E-state index is -0.304. The molecule has 0 spiro atoms. The van der Waals surface area contributed by atoms with E-state index in [4.69, 9.17) is 11.6 Å². The van der Waals surface area contributed by atoms with Crippen LogP contribution in [0.25, 0.3) is 5.65 Å². The van der Waals surface area contributed by atoms with E-state index >= 15 is 0 Å². The van der Waals surface area contributed by atoms with Gasteiger partial charge in [0.2, 0.25) is 0 Å². The number of aryl methyl sites for hydroxylation is 1. The summed E-state index contributed by atoms with van der Waals surface area (Å²) in [6.45, 7) is 1.80. The van der Waals surface area contributed by atoms with Gasteiger partial charge in [-0.2, -0.15) is 5.10 Å². The Morgan fingerprint density at radius 2 is 2.05 bits per heavy atom. The first-order valence-electron chi connectivity index (χ1n) is 6.68. The smallest absolute Gasteiger partial charge is 0.290 e. The van der Waals surface area contributed by atoms with E-state index in [0.717, 1.165) is 11.2 Å². The Morgan fingerprint density at radius 1 is 1.27 bits per heavy atom. The molecule has 6 heteroatoms. The van der Waals surface area contributed by atoms with E-state index in [1.54, 1.807) is 35.9 Å². The summed E-state index contributed by atoms with van der Waals surface area (Å²) in [5.74, 6) is -0.304. The lowest BCUT2D eigenvalue weighted by Crippen LogP contribution is -2.20. The summed E-state index contributed by atoms with van der Waals surface area (Å²) in [7, 11) is 0. The van der Waals surface area contributed by atoms with Gasteiger partial charge in [0.05, 0.1) is 11.9 Å². The van der Waals surface area contributed by atoms with Crippen LogP contribution in [0.2, 0.25) is 5.02 Å². The lowest BCUT2D eigenvalue weighted by Gasteiger charge is -2.01. The number of halogens is 1. The first kappa shape index (κ1) is 14.3. The van der Waals surface area contributed by atoms with Gasteiger partial charge in [0.15, 0.2) is 0 Å². The molecular weight excluding hydrogens is 300 g/mol. The van der Waals surface area contributed by atoms with Crippen LogP contribution in [0.5, 0.6) is 0 Å². The molecule has 0 aliphatic rings. The second kappa shape index (κ2) is 5.99. The monoisotopic (exact) mass is 312 g/mol. The number of hydrogen-bond donors (Lipinski definition) is 1. The molecule has 3 aromatic rings. The number of carbonyl (C=O) groups excluding carboxylic acids is 1. The van der Waals surface area contributed by atoms with Crippen molar-refractivity contribution in [3.8, 4) is 0 Å². The van der Waals surface area contributed by atoms with Crippen LogP contribution >= 0.6 is 11.6 Å². The number of benzene rings is 1. The number of nitrogens with one attached hydrogen (secondary N) is 1. The molecule has 110 valence electrons. The van der Waals surface area contributed by atoms with Crippen molar-refractivity contribution in [1.29, 1.82) is 0 Å². The SMILES string of the molecule is Cc1nc2ccccn2c1C(=O)N/N=C\c1ccc(Cl)cc1. The predicted octanol–water partition coefficient (Wildman–Crippen LogP) is 3.06. The van der Waals surface area contributed by atoms with Crippen molar-refractivity contribution < 1.29 is 4.79 Å². The molecule has 0 saturated carbocycles. The third-order valence-corrected chi connectivity index (χ3v) is 3.42. The molecule has 2 heterocycles. The summed E-state index contributed by atoms with van der Waals surface area (Å²) in [6.07, 6.45) is 3.36. The highest BCUT2D eigenvalue weighted by Crippen LogP contribution is 2.11. The largest absolute Gasteiger partial charge is 0.295 e. The van der Waals surface area contributed by atoms with Crippen LogP contribution in [0.15, 0.2) is 53.8 Å². The third kappa shape index (κ3) is 2.84. The molecule has 1 amide bonds. The Bertz CT molecular complexity index is 852. The van der Waals surface area contributed by atoms with E-state index in [1.807, 2.05) is 30.3 Å².